The molecule has 14 nitrogen and oxygen atoms in total. The number of unbranched alkanes of at least 4 members (excludes halogenated alkanes) is 9. The molecule has 3 heterocycles. The second-order valence-corrected chi connectivity index (χ2v) is 31.4. The van der Waals surface area contributed by atoms with E-state index in [1.54, 1.807) is 46.4 Å². The van der Waals surface area contributed by atoms with E-state index in [9.17, 15) is 43.9 Å². The van der Waals surface area contributed by atoms with Crippen molar-refractivity contribution in [1.82, 2.24) is 9.80 Å². The van der Waals surface area contributed by atoms with E-state index >= 15 is 0 Å². The molecule has 85 heavy (non-hydrogen) atoms. The van der Waals surface area contributed by atoms with Crippen molar-refractivity contribution in [3.8, 4) is 0 Å². The van der Waals surface area contributed by atoms with Gasteiger partial charge < -0.3 is 59.0 Å². The lowest BCUT2D eigenvalue weighted by molar-refractivity contribution is -0.302. The van der Waals surface area contributed by atoms with Gasteiger partial charge in [0, 0.05) is 51.3 Å². The summed E-state index contributed by atoms with van der Waals surface area (Å²) in [5.74, 6) is -6.29. The lowest BCUT2D eigenvalue weighted by Gasteiger charge is -2.51. The van der Waals surface area contributed by atoms with E-state index in [1.165, 1.54) is 24.6 Å². The molecule has 3 saturated heterocycles. The Balaban J connectivity index is 1.12. The number of methoxy groups -OCH3 is 1. The van der Waals surface area contributed by atoms with Crippen LogP contribution in [0.5, 0.6) is 0 Å². The molecule has 6 rings (SSSR count). The topological polar surface area (TPSA) is 188 Å². The van der Waals surface area contributed by atoms with Crippen molar-refractivity contribution >= 4 is 29.7 Å². The van der Waals surface area contributed by atoms with Gasteiger partial charge in [0.25, 0.3) is 0 Å². The second kappa shape index (κ2) is 31.3. The number of aliphatic hydroxyl groups is 5. The summed E-state index contributed by atoms with van der Waals surface area (Å²) in [6.45, 7) is 17.7. The van der Waals surface area contributed by atoms with E-state index < -0.39 is 115 Å². The van der Waals surface area contributed by atoms with Gasteiger partial charge in [0.2, 0.25) is 11.8 Å². The summed E-state index contributed by atoms with van der Waals surface area (Å²) < 4.78 is 61.2. The Kier molecular flexibility index (Phi) is 26.3. The van der Waals surface area contributed by atoms with Crippen LogP contribution in [0.1, 0.15) is 191 Å². The molecule has 1 amide bonds. The first-order valence-corrected chi connectivity index (χ1v) is 34.6. The van der Waals surface area contributed by atoms with Gasteiger partial charge in [-0.05, 0) is 143 Å². The summed E-state index contributed by atoms with van der Waals surface area (Å²) in [6.07, 6.45) is 4.51. The number of carbonyl (C=O) groups is 2. The summed E-state index contributed by atoms with van der Waals surface area (Å²) in [5.41, 5.74) is -4.51. The zero-order valence-electron chi connectivity index (χ0n) is 54.1. The monoisotopic (exact) mass is 1220 g/mol. The molecule has 17 heteroatoms. The summed E-state index contributed by atoms with van der Waals surface area (Å²) in [4.78, 5) is 33.0. The number of rotatable bonds is 22. The lowest BCUT2D eigenvalue weighted by atomic mass is 9.68. The van der Waals surface area contributed by atoms with Gasteiger partial charge in [-0.3, -0.25) is 9.59 Å². The number of cyclic esters (lactones) is 1. The Hall–Kier alpha value is -2.73. The number of carbonyl (C=O) groups excluding carboxylic acids is 2. The van der Waals surface area contributed by atoms with E-state index in [0.717, 1.165) is 63.9 Å². The van der Waals surface area contributed by atoms with Crippen LogP contribution in [-0.4, -0.2) is 177 Å². The fourth-order valence-electron chi connectivity index (χ4n) is 15.4. The van der Waals surface area contributed by atoms with Crippen LogP contribution in [-0.2, 0) is 33.3 Å². The minimum atomic E-state index is -2.58. The number of ether oxygens (including phenoxy) is 5. The van der Waals surface area contributed by atoms with Gasteiger partial charge in [-0.2, -0.15) is 0 Å². The Morgan fingerprint density at radius 1 is 0.776 bits per heavy atom. The largest absolute Gasteiger partial charge is 0.459 e. The third-order valence-corrected chi connectivity index (χ3v) is 25.7. The predicted octanol–water partition coefficient (Wildman–Crippen LogP) is 10.6. The molecular formula is C68H112F2N2O12P+. The minimum absolute atomic E-state index is 0.0332. The molecule has 4 aliphatic rings. The SMILES string of the molecule is CC[C@H]1OC(=O)[C@H](C)[C@@H](C2C[C@@](C)(OC)[C@@H](O)[C@H](C)O2)[C@H](C)[C@@H](O[C@@H]2O[C@H](C)C[C@H](N(C)C)[C@H]2O)[C@](C)(O)C[C@@H](C)CN(C(=O)CCCCCCCCCCCC[P+](c2ccccc2)(c2ccccc2)C2CCC(F)(F)CC2)[C@H](C)[C@@H](O)[C@]1(C)O. The Morgan fingerprint density at radius 3 is 1.85 bits per heavy atom. The van der Waals surface area contributed by atoms with Gasteiger partial charge in [0.05, 0.1) is 77.3 Å². The first-order valence-electron chi connectivity index (χ1n) is 32.6. The quantitative estimate of drug-likeness (QED) is 0.0426. The first-order chi connectivity index (χ1) is 40.0. The van der Waals surface area contributed by atoms with Crippen LogP contribution < -0.4 is 10.6 Å². The summed E-state index contributed by atoms with van der Waals surface area (Å²) in [7, 11) is 3.36. The normalized spacial score (nSPS) is 36.8. The molecule has 1 aliphatic carbocycles. The highest BCUT2D eigenvalue weighted by atomic mass is 31.2. The van der Waals surface area contributed by atoms with Gasteiger partial charge in [0.1, 0.15) is 30.0 Å². The maximum atomic E-state index is 14.8. The minimum Gasteiger partial charge on any atom is -0.459 e. The van der Waals surface area contributed by atoms with Crippen molar-refractivity contribution in [2.75, 3.05) is 33.9 Å². The Morgan fingerprint density at radius 2 is 1.32 bits per heavy atom. The molecule has 0 radical (unpaired) electrons. The number of esters is 1. The molecule has 4 fully saturated rings. The number of alkyl halides is 2. The first kappa shape index (κ1) is 71.3. The predicted molar refractivity (Wildman–Crippen MR) is 334 cm³/mol. The average molecular weight is 1220 g/mol. The number of benzene rings is 2. The number of hydrogen-bond acceptors (Lipinski definition) is 13. The number of aliphatic hydroxyl groups excluding tert-OH is 3. The third-order valence-electron chi connectivity index (χ3n) is 20.5. The number of hydrogen-bond donors (Lipinski definition) is 5. The van der Waals surface area contributed by atoms with Crippen molar-refractivity contribution in [3.05, 3.63) is 60.7 Å². The van der Waals surface area contributed by atoms with Crippen molar-refractivity contribution in [3.63, 3.8) is 0 Å². The fraction of sp³-hybridized carbons (Fsp3) is 0.794. The maximum Gasteiger partial charge on any atom is 0.309 e. The standard InChI is InChI=1S/C68H112F2N2O12P/c1-14-56-67(10,79)60(75)49(6)72(57(73)35-29-21-19-17-15-16-18-20-22-30-40-85(51-31-25-23-26-32-51,52-33-27-24-28-34-52)53-36-38-68(69,70)39-37-53)44-45(2)42-65(8,78)62(84-64-59(74)54(71(11)12)41-46(3)81-64)47(4)58(48(5)63(77)83-56)55-43-66(9,80-13)61(76)50(7)82-55/h23-28,31-34,45-50,53-56,58-62,64,74-76,78-79H,14-22,29-30,35-44H2,1-13H3/q+1/t45-,46-,47+,48-,49-,50+,54+,55?,56-,58+,59-,60-,61+,62-,64+,65-,66-,67-/m1/s1. The van der Waals surface area contributed by atoms with Crippen molar-refractivity contribution in [1.29, 1.82) is 0 Å². The molecule has 3 aliphatic heterocycles. The molecular weight excluding hydrogens is 1110 g/mol. The van der Waals surface area contributed by atoms with Gasteiger partial charge in [0.15, 0.2) is 6.29 Å². The van der Waals surface area contributed by atoms with Gasteiger partial charge in [-0.15, -0.1) is 0 Å². The van der Waals surface area contributed by atoms with Crippen LogP contribution in [0.4, 0.5) is 8.78 Å². The smallest absolute Gasteiger partial charge is 0.309 e. The van der Waals surface area contributed by atoms with Crippen LogP contribution in [0.2, 0.25) is 0 Å². The molecule has 0 bridgehead atoms. The zero-order chi connectivity index (χ0) is 62.7. The highest BCUT2D eigenvalue weighted by molar-refractivity contribution is 7.90. The number of nitrogens with zero attached hydrogens (tertiary/aromatic N) is 2. The Labute approximate surface area is 510 Å². The van der Waals surface area contributed by atoms with E-state index in [4.69, 9.17) is 23.7 Å². The number of likely N-dealkylation sites (N-methyl/N-ethyl adjacent to an activating group) is 1. The number of amides is 1. The third kappa shape index (κ3) is 17.6. The highest BCUT2D eigenvalue weighted by Gasteiger charge is 2.56. The summed E-state index contributed by atoms with van der Waals surface area (Å²) >= 11 is 0. The van der Waals surface area contributed by atoms with E-state index in [2.05, 4.69) is 48.5 Å². The second-order valence-electron chi connectivity index (χ2n) is 27.5. The molecule has 1 unspecified atom stereocenters. The molecule has 18 atom stereocenters. The zero-order valence-corrected chi connectivity index (χ0v) is 54.9. The van der Waals surface area contributed by atoms with Crippen LogP contribution in [0.25, 0.3) is 0 Å². The highest BCUT2D eigenvalue weighted by Crippen LogP contribution is 2.65. The van der Waals surface area contributed by atoms with Crippen LogP contribution >= 0.6 is 7.26 Å². The van der Waals surface area contributed by atoms with Crippen LogP contribution in [0.3, 0.4) is 0 Å². The molecule has 0 spiro atoms. The Bertz CT molecular complexity index is 2290. The van der Waals surface area contributed by atoms with Gasteiger partial charge >= 0.3 is 5.97 Å². The van der Waals surface area contributed by atoms with Gasteiger partial charge in [-0.1, -0.05) is 109 Å². The molecule has 2 aromatic rings. The molecule has 0 aromatic heterocycles. The van der Waals surface area contributed by atoms with Gasteiger partial charge in [-0.25, -0.2) is 8.78 Å². The van der Waals surface area contributed by atoms with Crippen molar-refractivity contribution < 1.29 is 67.6 Å². The van der Waals surface area contributed by atoms with E-state index in [0.29, 0.717) is 25.7 Å². The van der Waals surface area contributed by atoms with Crippen molar-refractivity contribution in [2.24, 2.45) is 23.7 Å². The van der Waals surface area contributed by atoms with Crippen LogP contribution in [0, 0.1) is 23.7 Å². The fourth-order valence-corrected chi connectivity index (χ4v) is 20.7. The number of halogens is 2. The molecule has 2 aromatic carbocycles. The summed E-state index contributed by atoms with van der Waals surface area (Å²) in [6, 6.07) is 20.2. The van der Waals surface area contributed by atoms with Crippen LogP contribution in [0.15, 0.2) is 60.7 Å². The average Bonchev–Trinajstić information content (AvgIpc) is 2.97. The lowest BCUT2D eigenvalue weighted by Crippen LogP contribution is -2.61. The van der Waals surface area contributed by atoms with E-state index in [1.807, 2.05) is 51.9 Å². The van der Waals surface area contributed by atoms with E-state index in [-0.39, 0.29) is 68.8 Å². The van der Waals surface area contributed by atoms with Crippen molar-refractivity contribution in [2.45, 2.75) is 287 Å². The maximum absolute atomic E-state index is 14.8. The molecule has 484 valence electrons. The molecule has 5 N–H and O–H groups in total. The summed E-state index contributed by atoms with van der Waals surface area (Å²) in [5, 5.41) is 63.6. The molecule has 1 saturated carbocycles.